The first-order valence-corrected chi connectivity index (χ1v) is 7.24. The zero-order chi connectivity index (χ0) is 15.4. The molecule has 7 heteroatoms. The Labute approximate surface area is 125 Å². The molecule has 2 rings (SSSR count). The van der Waals surface area contributed by atoms with Crippen LogP contribution in [-0.2, 0) is 16.0 Å². The van der Waals surface area contributed by atoms with Crippen molar-refractivity contribution in [2.75, 3.05) is 6.61 Å². The number of nitro groups is 1. The van der Waals surface area contributed by atoms with Crippen LogP contribution in [0.25, 0.3) is 11.3 Å². The van der Waals surface area contributed by atoms with Crippen molar-refractivity contribution in [3.05, 3.63) is 44.3 Å². The molecule has 0 aliphatic heterocycles. The van der Waals surface area contributed by atoms with Crippen molar-refractivity contribution in [2.24, 2.45) is 0 Å². The molecule has 0 saturated heterocycles. The summed E-state index contributed by atoms with van der Waals surface area (Å²) in [6.07, 6.45) is 0.118. The minimum atomic E-state index is -0.412. The van der Waals surface area contributed by atoms with Crippen LogP contribution >= 0.6 is 11.3 Å². The zero-order valence-corrected chi connectivity index (χ0v) is 12.5. The first-order chi connectivity index (χ1) is 10.0. The maximum Gasteiger partial charge on any atom is 0.312 e. The average Bonchev–Trinajstić information content (AvgIpc) is 2.87. The number of hydrogen-bond acceptors (Lipinski definition) is 6. The molecule has 0 amide bonds. The Balaban J connectivity index is 2.23. The fourth-order valence-electron chi connectivity index (χ4n) is 1.83. The number of carbonyl (C=O) groups excluding carboxylic acids is 1. The molecule has 110 valence electrons. The summed E-state index contributed by atoms with van der Waals surface area (Å²) in [5.74, 6) is -0.326. The molecule has 0 N–H and O–H groups in total. The average molecular weight is 306 g/mol. The highest BCUT2D eigenvalue weighted by Crippen LogP contribution is 2.28. The van der Waals surface area contributed by atoms with Gasteiger partial charge in [0.2, 0.25) is 0 Å². The molecule has 0 bridgehead atoms. The maximum absolute atomic E-state index is 11.4. The second-order valence-corrected chi connectivity index (χ2v) is 5.31. The molecule has 0 atom stereocenters. The number of hydrogen-bond donors (Lipinski definition) is 0. The quantitative estimate of drug-likeness (QED) is 0.481. The van der Waals surface area contributed by atoms with Crippen molar-refractivity contribution in [3.8, 4) is 11.3 Å². The van der Waals surface area contributed by atoms with Crippen LogP contribution < -0.4 is 0 Å². The molecule has 21 heavy (non-hydrogen) atoms. The fourth-order valence-corrected chi connectivity index (χ4v) is 2.61. The summed E-state index contributed by atoms with van der Waals surface area (Å²) >= 11 is 1.34. The van der Waals surface area contributed by atoms with E-state index in [0.29, 0.717) is 28.4 Å². The van der Waals surface area contributed by atoms with E-state index in [9.17, 15) is 14.9 Å². The van der Waals surface area contributed by atoms with Gasteiger partial charge in [-0.25, -0.2) is 4.98 Å². The van der Waals surface area contributed by atoms with E-state index in [1.165, 1.54) is 17.4 Å². The lowest BCUT2D eigenvalue weighted by Crippen LogP contribution is -2.07. The summed E-state index contributed by atoms with van der Waals surface area (Å²) in [6, 6.07) is 4.97. The van der Waals surface area contributed by atoms with E-state index in [2.05, 4.69) is 4.98 Å². The third-order valence-corrected chi connectivity index (χ3v) is 3.70. The first-order valence-electron chi connectivity index (χ1n) is 6.36. The van der Waals surface area contributed by atoms with Crippen LogP contribution in [0.3, 0.4) is 0 Å². The number of aromatic nitrogens is 1. The van der Waals surface area contributed by atoms with Gasteiger partial charge in [-0.15, -0.1) is 11.3 Å². The summed E-state index contributed by atoms with van der Waals surface area (Å²) in [6.45, 7) is 3.77. The molecular formula is C14H14N2O4S. The van der Waals surface area contributed by atoms with Gasteiger partial charge in [0.1, 0.15) is 5.01 Å². The SMILES string of the molecule is CCOC(=O)Cc1nc(-c2ccc(C)c([N+](=O)[O-])c2)cs1. The van der Waals surface area contributed by atoms with Crippen LogP contribution in [0.2, 0.25) is 0 Å². The monoisotopic (exact) mass is 306 g/mol. The third-order valence-electron chi connectivity index (χ3n) is 2.85. The number of rotatable bonds is 5. The molecule has 0 unspecified atom stereocenters. The van der Waals surface area contributed by atoms with Crippen LogP contribution in [0.4, 0.5) is 5.69 Å². The predicted octanol–water partition coefficient (Wildman–Crippen LogP) is 3.13. The molecule has 1 aromatic carbocycles. The number of benzene rings is 1. The lowest BCUT2D eigenvalue weighted by molar-refractivity contribution is -0.385. The van der Waals surface area contributed by atoms with Gasteiger partial charge in [-0.05, 0) is 13.8 Å². The molecule has 0 spiro atoms. The Kier molecular flexibility index (Phi) is 4.64. The Morgan fingerprint density at radius 3 is 2.90 bits per heavy atom. The number of thiazole rings is 1. The van der Waals surface area contributed by atoms with Crippen LogP contribution in [0.5, 0.6) is 0 Å². The second-order valence-electron chi connectivity index (χ2n) is 4.37. The second kappa shape index (κ2) is 6.45. The minimum absolute atomic E-state index is 0.0624. The van der Waals surface area contributed by atoms with Crippen LogP contribution in [-0.4, -0.2) is 22.5 Å². The van der Waals surface area contributed by atoms with Gasteiger partial charge in [0.25, 0.3) is 5.69 Å². The highest BCUT2D eigenvalue weighted by atomic mass is 32.1. The van der Waals surface area contributed by atoms with Gasteiger partial charge in [-0.1, -0.05) is 12.1 Å². The normalized spacial score (nSPS) is 10.4. The Bertz CT molecular complexity index is 681. The van der Waals surface area contributed by atoms with E-state index in [-0.39, 0.29) is 18.1 Å². The van der Waals surface area contributed by atoms with E-state index in [0.717, 1.165) is 0 Å². The lowest BCUT2D eigenvalue weighted by atomic mass is 10.1. The molecule has 0 aliphatic rings. The summed E-state index contributed by atoms with van der Waals surface area (Å²) < 4.78 is 4.87. The summed E-state index contributed by atoms with van der Waals surface area (Å²) in [7, 11) is 0. The summed E-state index contributed by atoms with van der Waals surface area (Å²) in [4.78, 5) is 26.3. The number of ether oxygens (including phenoxy) is 1. The van der Waals surface area contributed by atoms with Gasteiger partial charge in [0, 0.05) is 22.6 Å². The minimum Gasteiger partial charge on any atom is -0.466 e. The topological polar surface area (TPSA) is 82.3 Å². The largest absolute Gasteiger partial charge is 0.466 e. The van der Waals surface area contributed by atoms with Gasteiger partial charge in [0.15, 0.2) is 0 Å². The molecule has 0 radical (unpaired) electrons. The third kappa shape index (κ3) is 3.63. The molecule has 6 nitrogen and oxygen atoms in total. The molecule has 1 aromatic heterocycles. The van der Waals surface area contributed by atoms with E-state index in [1.54, 1.807) is 31.4 Å². The Hall–Kier alpha value is -2.28. The zero-order valence-electron chi connectivity index (χ0n) is 11.7. The van der Waals surface area contributed by atoms with Crippen molar-refractivity contribution < 1.29 is 14.5 Å². The van der Waals surface area contributed by atoms with Gasteiger partial charge < -0.3 is 4.74 Å². The number of nitrogens with zero attached hydrogens (tertiary/aromatic N) is 2. The van der Waals surface area contributed by atoms with Crippen molar-refractivity contribution in [1.82, 2.24) is 4.98 Å². The van der Waals surface area contributed by atoms with Crippen LogP contribution in [0, 0.1) is 17.0 Å². The number of aryl methyl sites for hydroxylation is 1. The van der Waals surface area contributed by atoms with Crippen molar-refractivity contribution in [3.63, 3.8) is 0 Å². The standard InChI is InChI=1S/C14H14N2O4S/c1-3-20-14(17)7-13-15-11(8-21-13)10-5-4-9(2)12(6-10)16(18)19/h4-6,8H,3,7H2,1-2H3. The van der Waals surface area contributed by atoms with E-state index in [4.69, 9.17) is 4.74 Å². The fraction of sp³-hybridized carbons (Fsp3) is 0.286. The smallest absolute Gasteiger partial charge is 0.312 e. The van der Waals surface area contributed by atoms with Gasteiger partial charge in [0.05, 0.1) is 23.6 Å². The lowest BCUT2D eigenvalue weighted by Gasteiger charge is -2.00. The van der Waals surface area contributed by atoms with Crippen molar-refractivity contribution in [2.45, 2.75) is 20.3 Å². The summed E-state index contributed by atoms with van der Waals surface area (Å²) in [5.41, 5.74) is 1.96. The van der Waals surface area contributed by atoms with Gasteiger partial charge >= 0.3 is 5.97 Å². The van der Waals surface area contributed by atoms with E-state index < -0.39 is 4.92 Å². The number of nitro benzene ring substituents is 1. The first kappa shape index (κ1) is 15.1. The Morgan fingerprint density at radius 2 is 2.24 bits per heavy atom. The van der Waals surface area contributed by atoms with Crippen LogP contribution in [0.1, 0.15) is 17.5 Å². The maximum atomic E-state index is 11.4. The number of esters is 1. The van der Waals surface area contributed by atoms with E-state index in [1.807, 2.05) is 0 Å². The predicted molar refractivity (Wildman–Crippen MR) is 79.3 cm³/mol. The van der Waals surface area contributed by atoms with Crippen LogP contribution in [0.15, 0.2) is 23.6 Å². The highest BCUT2D eigenvalue weighted by Gasteiger charge is 2.14. The van der Waals surface area contributed by atoms with Gasteiger partial charge in [-0.2, -0.15) is 0 Å². The van der Waals surface area contributed by atoms with E-state index >= 15 is 0 Å². The van der Waals surface area contributed by atoms with Crippen molar-refractivity contribution in [1.29, 1.82) is 0 Å². The summed E-state index contributed by atoms with van der Waals surface area (Å²) in [5, 5.41) is 13.4. The van der Waals surface area contributed by atoms with Gasteiger partial charge in [-0.3, -0.25) is 14.9 Å². The molecule has 2 aromatic rings. The van der Waals surface area contributed by atoms with Crippen molar-refractivity contribution >= 4 is 23.0 Å². The molecule has 1 heterocycles. The molecule has 0 fully saturated rings. The molecular weight excluding hydrogens is 292 g/mol. The number of carbonyl (C=O) groups is 1. The molecule has 0 aliphatic carbocycles. The highest BCUT2D eigenvalue weighted by molar-refractivity contribution is 7.10. The molecule has 0 saturated carbocycles. The Morgan fingerprint density at radius 1 is 1.48 bits per heavy atom.